The number of carbonyl (C=O) groups is 2. The highest BCUT2D eigenvalue weighted by molar-refractivity contribution is 6.04. The maximum absolute atomic E-state index is 13.7. The smallest absolute Gasteiger partial charge is 0.428 e. The van der Waals surface area contributed by atoms with Crippen molar-refractivity contribution in [2.24, 2.45) is 5.10 Å². The van der Waals surface area contributed by atoms with E-state index in [0.29, 0.717) is 19.4 Å². The Kier molecular flexibility index (Phi) is 4.75. The van der Waals surface area contributed by atoms with E-state index in [1.165, 1.54) is 24.1 Å². The van der Waals surface area contributed by atoms with Crippen molar-refractivity contribution in [3.63, 3.8) is 0 Å². The zero-order chi connectivity index (χ0) is 18.9. The van der Waals surface area contributed by atoms with Crippen LogP contribution in [0.2, 0.25) is 0 Å². The van der Waals surface area contributed by atoms with Gasteiger partial charge in [-0.3, -0.25) is 4.79 Å². The molecule has 3 rings (SSSR count). The molecule has 0 aliphatic carbocycles. The number of halogens is 3. The lowest BCUT2D eigenvalue weighted by molar-refractivity contribution is -0.137. The van der Waals surface area contributed by atoms with Gasteiger partial charge in [0.05, 0.1) is 5.56 Å². The molecule has 1 aromatic rings. The highest BCUT2D eigenvalue weighted by atomic mass is 19.4. The minimum absolute atomic E-state index is 0.0475. The molecule has 2 N–H and O–H groups in total. The summed E-state index contributed by atoms with van der Waals surface area (Å²) in [5.41, 5.74) is 1.54. The number of nitrogens with one attached hydrogen (secondary N) is 2. The van der Waals surface area contributed by atoms with E-state index in [4.69, 9.17) is 4.74 Å². The number of rotatable bonds is 3. The minimum Gasteiger partial charge on any atom is -0.442 e. The van der Waals surface area contributed by atoms with Crippen LogP contribution in [0.4, 0.5) is 23.7 Å². The van der Waals surface area contributed by atoms with Crippen LogP contribution in [0.15, 0.2) is 23.3 Å². The van der Waals surface area contributed by atoms with E-state index in [2.05, 4.69) is 15.8 Å². The van der Waals surface area contributed by atoms with Crippen LogP contribution in [0.25, 0.3) is 0 Å². The molecule has 1 fully saturated rings. The van der Waals surface area contributed by atoms with Gasteiger partial charge in [0.15, 0.2) is 0 Å². The summed E-state index contributed by atoms with van der Waals surface area (Å²) in [6, 6.07) is 3.14. The largest absolute Gasteiger partial charge is 0.442 e. The van der Waals surface area contributed by atoms with Crippen molar-refractivity contribution in [1.29, 1.82) is 0 Å². The van der Waals surface area contributed by atoms with Gasteiger partial charge in [-0.25, -0.2) is 10.2 Å². The highest BCUT2D eigenvalue weighted by Gasteiger charge is 2.39. The average Bonchev–Trinajstić information content (AvgIpc) is 3.10. The van der Waals surface area contributed by atoms with Crippen molar-refractivity contribution in [3.05, 3.63) is 29.3 Å². The summed E-state index contributed by atoms with van der Waals surface area (Å²) >= 11 is 0. The third-order valence-electron chi connectivity index (χ3n) is 4.37. The average molecular weight is 370 g/mol. The first-order valence-electron chi connectivity index (χ1n) is 8.00. The molecule has 1 aromatic carbocycles. The second-order valence-corrected chi connectivity index (χ2v) is 5.94. The van der Waals surface area contributed by atoms with Crippen molar-refractivity contribution in [2.75, 3.05) is 25.1 Å². The standard InChI is InChI=1S/C16H17F3N4O3/c1-20-14(24)13-3-2-6-23(13)12-5-4-9(7-10(12)16(17,18)19)11-8-26-15(25)22-21-11/h4-5,7,13H,2-3,6,8H2,1H3,(H,20,24)(H,22,25)/t13-/m0/s1. The van der Waals surface area contributed by atoms with Crippen LogP contribution < -0.4 is 15.6 Å². The Morgan fingerprint density at radius 3 is 2.81 bits per heavy atom. The van der Waals surface area contributed by atoms with E-state index in [1.54, 1.807) is 0 Å². The van der Waals surface area contributed by atoms with Crippen molar-refractivity contribution in [1.82, 2.24) is 10.7 Å². The van der Waals surface area contributed by atoms with E-state index in [0.717, 1.165) is 6.07 Å². The Balaban J connectivity index is 2.01. The van der Waals surface area contributed by atoms with Crippen LogP contribution in [-0.4, -0.2) is 44.0 Å². The van der Waals surface area contributed by atoms with Gasteiger partial charge in [-0.2, -0.15) is 18.3 Å². The number of hydrogen-bond donors (Lipinski definition) is 2. The van der Waals surface area contributed by atoms with E-state index >= 15 is 0 Å². The third-order valence-corrected chi connectivity index (χ3v) is 4.37. The van der Waals surface area contributed by atoms with E-state index in [9.17, 15) is 22.8 Å². The number of alkyl halides is 3. The van der Waals surface area contributed by atoms with Gasteiger partial charge in [0.2, 0.25) is 5.91 Å². The molecule has 26 heavy (non-hydrogen) atoms. The Morgan fingerprint density at radius 2 is 2.19 bits per heavy atom. The number of anilines is 1. The molecule has 10 heteroatoms. The van der Waals surface area contributed by atoms with Crippen LogP contribution in [0, 0.1) is 0 Å². The second kappa shape index (κ2) is 6.85. The molecule has 0 radical (unpaired) electrons. The molecule has 140 valence electrons. The molecule has 0 aromatic heterocycles. The quantitative estimate of drug-likeness (QED) is 0.851. The lowest BCUT2D eigenvalue weighted by Gasteiger charge is -2.29. The van der Waals surface area contributed by atoms with Crippen molar-refractivity contribution in [3.8, 4) is 0 Å². The molecule has 2 aliphatic rings. The lowest BCUT2D eigenvalue weighted by atomic mass is 10.0. The maximum Gasteiger partial charge on any atom is 0.428 e. The zero-order valence-electron chi connectivity index (χ0n) is 13.9. The maximum atomic E-state index is 13.7. The number of hydrazone groups is 1. The van der Waals surface area contributed by atoms with Gasteiger partial charge in [-0.1, -0.05) is 6.07 Å². The van der Waals surface area contributed by atoms with Crippen molar-refractivity contribution in [2.45, 2.75) is 25.1 Å². The van der Waals surface area contributed by atoms with Gasteiger partial charge in [-0.05, 0) is 25.0 Å². The Bertz CT molecular complexity index is 764. The minimum atomic E-state index is -4.61. The van der Waals surface area contributed by atoms with E-state index in [-0.39, 0.29) is 29.5 Å². The molecule has 0 bridgehead atoms. The number of carbonyl (C=O) groups excluding carboxylic acids is 2. The molecule has 0 unspecified atom stereocenters. The fraction of sp³-hybridized carbons (Fsp3) is 0.438. The predicted octanol–water partition coefficient (Wildman–Crippen LogP) is 1.86. The van der Waals surface area contributed by atoms with Crippen molar-refractivity contribution >= 4 is 23.4 Å². The number of cyclic esters (lactones) is 1. The number of nitrogens with zero attached hydrogens (tertiary/aromatic N) is 2. The fourth-order valence-electron chi connectivity index (χ4n) is 3.15. The van der Waals surface area contributed by atoms with Crippen LogP contribution in [0.1, 0.15) is 24.0 Å². The van der Waals surface area contributed by atoms with Crippen molar-refractivity contribution < 1.29 is 27.5 Å². The molecule has 2 aliphatic heterocycles. The van der Waals surface area contributed by atoms with Gasteiger partial charge in [-0.15, -0.1) is 0 Å². The van der Waals surface area contributed by atoms with Gasteiger partial charge < -0.3 is 15.0 Å². The topological polar surface area (TPSA) is 83.0 Å². The summed E-state index contributed by atoms with van der Waals surface area (Å²) in [6.07, 6.45) is -4.25. The van der Waals surface area contributed by atoms with Crippen LogP contribution in [0.3, 0.4) is 0 Å². The molecule has 1 atom stereocenters. The summed E-state index contributed by atoms with van der Waals surface area (Å²) < 4.78 is 45.7. The van der Waals surface area contributed by atoms with Crippen LogP contribution in [0.5, 0.6) is 0 Å². The molecule has 7 nitrogen and oxygen atoms in total. The first-order chi connectivity index (χ1) is 12.3. The summed E-state index contributed by atoms with van der Waals surface area (Å²) in [5, 5.41) is 6.23. The summed E-state index contributed by atoms with van der Waals surface area (Å²) in [5.74, 6) is -0.313. The highest BCUT2D eigenvalue weighted by Crippen LogP contribution is 2.39. The molecular formula is C16H17F3N4O3. The first kappa shape index (κ1) is 18.0. The molecule has 0 saturated carbocycles. The lowest BCUT2D eigenvalue weighted by Crippen LogP contribution is -2.42. The van der Waals surface area contributed by atoms with Crippen LogP contribution in [-0.2, 0) is 15.7 Å². The number of likely N-dealkylation sites (N-methyl/N-ethyl adjacent to an activating group) is 1. The second-order valence-electron chi connectivity index (χ2n) is 5.94. The number of hydrogen-bond acceptors (Lipinski definition) is 5. The molecule has 1 saturated heterocycles. The number of ether oxygens (including phenoxy) is 1. The Labute approximate surface area is 147 Å². The molecule has 0 spiro atoms. The van der Waals surface area contributed by atoms with E-state index < -0.39 is 23.9 Å². The summed E-state index contributed by atoms with van der Waals surface area (Å²) in [6.45, 7) is 0.147. The number of amides is 2. The number of benzene rings is 1. The van der Waals surface area contributed by atoms with Gasteiger partial charge in [0.1, 0.15) is 18.4 Å². The summed E-state index contributed by atoms with van der Waals surface area (Å²) in [7, 11) is 1.46. The first-order valence-corrected chi connectivity index (χ1v) is 8.00. The van der Waals surface area contributed by atoms with Gasteiger partial charge >= 0.3 is 12.3 Å². The third kappa shape index (κ3) is 3.44. The fourth-order valence-corrected chi connectivity index (χ4v) is 3.15. The van der Waals surface area contributed by atoms with Crippen LogP contribution >= 0.6 is 0 Å². The summed E-state index contributed by atoms with van der Waals surface area (Å²) in [4.78, 5) is 24.4. The Morgan fingerprint density at radius 1 is 1.42 bits per heavy atom. The molecular weight excluding hydrogens is 353 g/mol. The molecule has 2 amide bonds. The van der Waals surface area contributed by atoms with Gasteiger partial charge in [0, 0.05) is 24.8 Å². The molecule has 2 heterocycles. The van der Waals surface area contributed by atoms with E-state index in [1.807, 2.05) is 0 Å². The zero-order valence-corrected chi connectivity index (χ0v) is 13.9. The SMILES string of the molecule is CNC(=O)[C@@H]1CCCN1c1ccc(C2=NNC(=O)OC2)cc1C(F)(F)F. The Hall–Kier alpha value is -2.78. The predicted molar refractivity (Wildman–Crippen MR) is 86.9 cm³/mol. The van der Waals surface area contributed by atoms with Gasteiger partial charge in [0.25, 0.3) is 0 Å². The monoisotopic (exact) mass is 370 g/mol. The normalized spacial score (nSPS) is 20.3.